The number of halogens is 1. The lowest BCUT2D eigenvalue weighted by Crippen LogP contribution is -2.55. The fraction of sp³-hybridized carbons (Fsp3) is 0.895. The van der Waals surface area contributed by atoms with Gasteiger partial charge in [0.05, 0.1) is 31.9 Å². The zero-order valence-electron chi connectivity index (χ0n) is 17.1. The van der Waals surface area contributed by atoms with Crippen LogP contribution in [-0.4, -0.2) is 109 Å². The molecule has 2 heterocycles. The van der Waals surface area contributed by atoms with E-state index in [-0.39, 0.29) is 29.9 Å². The Balaban J connectivity index is 0.00000280. The third-order valence-electron chi connectivity index (χ3n) is 5.79. The van der Waals surface area contributed by atoms with E-state index in [9.17, 15) is 9.90 Å². The number of aliphatic hydroxyl groups is 1. The number of guanidine groups is 1. The standard InChI is InChI=1S/C19H35N5O3.HI/c1-2-20-18(21-16-19(26)5-3-4-6-19)24-9-7-22(8-10-24)15-17(25)23-11-13-27-14-12-23;/h26H,2-16H2,1H3,(H,20,21);1H. The predicted octanol–water partition coefficient (Wildman–Crippen LogP) is 0.351. The highest BCUT2D eigenvalue weighted by atomic mass is 127. The molecule has 0 aromatic heterocycles. The molecule has 2 N–H and O–H groups in total. The van der Waals surface area contributed by atoms with E-state index < -0.39 is 5.60 Å². The molecule has 28 heavy (non-hydrogen) atoms. The third-order valence-corrected chi connectivity index (χ3v) is 5.79. The molecular formula is C19H36IN5O3. The largest absolute Gasteiger partial charge is 0.388 e. The number of hydrogen-bond acceptors (Lipinski definition) is 5. The number of carbonyl (C=O) groups excluding carboxylic acids is 1. The van der Waals surface area contributed by atoms with Crippen LogP contribution >= 0.6 is 24.0 Å². The fourth-order valence-electron chi connectivity index (χ4n) is 4.06. The highest BCUT2D eigenvalue weighted by Crippen LogP contribution is 2.29. The Labute approximate surface area is 185 Å². The summed E-state index contributed by atoms with van der Waals surface area (Å²) in [6.45, 7) is 9.95. The minimum Gasteiger partial charge on any atom is -0.388 e. The lowest BCUT2D eigenvalue weighted by atomic mass is 10.0. The van der Waals surface area contributed by atoms with Crippen molar-refractivity contribution in [1.29, 1.82) is 0 Å². The SMILES string of the molecule is CCNC(=NCC1(O)CCCC1)N1CCN(CC(=O)N2CCOCC2)CC1.I. The molecule has 1 amide bonds. The molecule has 0 aromatic rings. The second-order valence-corrected chi connectivity index (χ2v) is 7.86. The fourth-order valence-corrected chi connectivity index (χ4v) is 4.06. The second-order valence-electron chi connectivity index (χ2n) is 7.86. The van der Waals surface area contributed by atoms with Gasteiger partial charge in [-0.25, -0.2) is 0 Å². The zero-order valence-corrected chi connectivity index (χ0v) is 19.4. The molecule has 8 nitrogen and oxygen atoms in total. The van der Waals surface area contributed by atoms with Crippen LogP contribution in [0, 0.1) is 0 Å². The third kappa shape index (κ3) is 6.70. The molecule has 9 heteroatoms. The lowest BCUT2D eigenvalue weighted by molar-refractivity contribution is -0.136. The van der Waals surface area contributed by atoms with Gasteiger partial charge in [0.2, 0.25) is 5.91 Å². The Morgan fingerprint density at radius 1 is 1.07 bits per heavy atom. The monoisotopic (exact) mass is 509 g/mol. The predicted molar refractivity (Wildman–Crippen MR) is 120 cm³/mol. The molecule has 0 aromatic carbocycles. The summed E-state index contributed by atoms with van der Waals surface area (Å²) in [4.78, 5) is 23.5. The van der Waals surface area contributed by atoms with Crippen molar-refractivity contribution in [2.75, 3.05) is 72.1 Å². The molecule has 1 aliphatic carbocycles. The summed E-state index contributed by atoms with van der Waals surface area (Å²) in [5.74, 6) is 1.09. The van der Waals surface area contributed by atoms with Gasteiger partial charge in [-0.05, 0) is 19.8 Å². The first-order chi connectivity index (χ1) is 13.1. The summed E-state index contributed by atoms with van der Waals surface area (Å²) in [7, 11) is 0. The second kappa shape index (κ2) is 11.5. The minimum atomic E-state index is -0.618. The van der Waals surface area contributed by atoms with Crippen molar-refractivity contribution in [2.24, 2.45) is 4.99 Å². The first-order valence-corrected chi connectivity index (χ1v) is 10.4. The number of aliphatic imine (C=N–C) groups is 1. The molecule has 0 unspecified atom stereocenters. The molecule has 1 saturated carbocycles. The van der Waals surface area contributed by atoms with E-state index in [1.807, 2.05) is 4.90 Å². The van der Waals surface area contributed by atoms with E-state index in [0.29, 0.717) is 39.4 Å². The molecular weight excluding hydrogens is 473 g/mol. The zero-order chi connectivity index (χ0) is 19.1. The summed E-state index contributed by atoms with van der Waals surface area (Å²) < 4.78 is 5.32. The van der Waals surface area contributed by atoms with E-state index >= 15 is 0 Å². The van der Waals surface area contributed by atoms with Crippen molar-refractivity contribution < 1.29 is 14.6 Å². The van der Waals surface area contributed by atoms with Gasteiger partial charge in [-0.15, -0.1) is 24.0 Å². The maximum atomic E-state index is 12.4. The number of rotatable bonds is 5. The number of hydrogen-bond donors (Lipinski definition) is 2. The highest BCUT2D eigenvalue weighted by molar-refractivity contribution is 14.0. The number of ether oxygens (including phenoxy) is 1. The Hall–Kier alpha value is -0.650. The van der Waals surface area contributed by atoms with E-state index in [1.165, 1.54) is 0 Å². The maximum absolute atomic E-state index is 12.4. The molecule has 2 aliphatic heterocycles. The molecule has 2 saturated heterocycles. The number of piperazine rings is 1. The van der Waals surface area contributed by atoms with Crippen LogP contribution in [0.2, 0.25) is 0 Å². The smallest absolute Gasteiger partial charge is 0.236 e. The van der Waals surface area contributed by atoms with Crippen LogP contribution in [0.4, 0.5) is 0 Å². The number of amides is 1. The van der Waals surface area contributed by atoms with E-state index in [0.717, 1.165) is 64.4 Å². The normalized spacial score (nSPS) is 23.4. The van der Waals surface area contributed by atoms with Gasteiger partial charge in [-0.3, -0.25) is 14.7 Å². The van der Waals surface area contributed by atoms with Crippen LogP contribution in [0.5, 0.6) is 0 Å². The van der Waals surface area contributed by atoms with E-state index in [2.05, 4.69) is 22.0 Å². The Kier molecular flexibility index (Phi) is 9.72. The van der Waals surface area contributed by atoms with Gasteiger partial charge >= 0.3 is 0 Å². The highest BCUT2D eigenvalue weighted by Gasteiger charge is 2.31. The quantitative estimate of drug-likeness (QED) is 0.317. The minimum absolute atomic E-state index is 0. The van der Waals surface area contributed by atoms with Gasteiger partial charge < -0.3 is 25.0 Å². The molecule has 162 valence electrons. The van der Waals surface area contributed by atoms with Gasteiger partial charge in [-0.1, -0.05) is 12.8 Å². The summed E-state index contributed by atoms with van der Waals surface area (Å²) in [6.07, 6.45) is 3.90. The lowest BCUT2D eigenvalue weighted by Gasteiger charge is -2.37. The van der Waals surface area contributed by atoms with Crippen molar-refractivity contribution in [3.05, 3.63) is 0 Å². The van der Waals surface area contributed by atoms with Crippen molar-refractivity contribution in [1.82, 2.24) is 20.0 Å². The van der Waals surface area contributed by atoms with Crippen molar-refractivity contribution >= 4 is 35.8 Å². The molecule has 3 rings (SSSR count). The summed E-state index contributed by atoms with van der Waals surface area (Å²) in [5, 5.41) is 13.9. The summed E-state index contributed by atoms with van der Waals surface area (Å²) >= 11 is 0. The average Bonchev–Trinajstić information content (AvgIpc) is 3.13. The van der Waals surface area contributed by atoms with Crippen LogP contribution in [0.1, 0.15) is 32.6 Å². The van der Waals surface area contributed by atoms with Gasteiger partial charge in [-0.2, -0.15) is 0 Å². The molecule has 3 fully saturated rings. The first-order valence-electron chi connectivity index (χ1n) is 10.4. The maximum Gasteiger partial charge on any atom is 0.236 e. The molecule has 0 atom stereocenters. The van der Waals surface area contributed by atoms with Gasteiger partial charge in [0.25, 0.3) is 0 Å². The summed E-state index contributed by atoms with van der Waals surface area (Å²) in [5.41, 5.74) is -0.618. The molecule has 0 spiro atoms. The average molecular weight is 509 g/mol. The summed E-state index contributed by atoms with van der Waals surface area (Å²) in [6, 6.07) is 0. The van der Waals surface area contributed by atoms with Crippen molar-refractivity contribution in [3.63, 3.8) is 0 Å². The number of carbonyl (C=O) groups is 1. The topological polar surface area (TPSA) is 80.6 Å². The van der Waals surface area contributed by atoms with Gasteiger partial charge in [0.15, 0.2) is 5.96 Å². The Morgan fingerprint density at radius 2 is 1.71 bits per heavy atom. The van der Waals surface area contributed by atoms with Crippen LogP contribution in [0.15, 0.2) is 4.99 Å². The van der Waals surface area contributed by atoms with Crippen LogP contribution in [0.3, 0.4) is 0 Å². The van der Waals surface area contributed by atoms with Gasteiger partial charge in [0, 0.05) is 45.8 Å². The number of nitrogens with one attached hydrogen (secondary N) is 1. The van der Waals surface area contributed by atoms with Crippen LogP contribution in [-0.2, 0) is 9.53 Å². The molecule has 3 aliphatic rings. The van der Waals surface area contributed by atoms with Crippen LogP contribution < -0.4 is 5.32 Å². The molecule has 0 radical (unpaired) electrons. The molecule has 0 bridgehead atoms. The van der Waals surface area contributed by atoms with Crippen molar-refractivity contribution in [2.45, 2.75) is 38.2 Å². The van der Waals surface area contributed by atoms with Gasteiger partial charge in [0.1, 0.15) is 0 Å². The Morgan fingerprint density at radius 3 is 2.32 bits per heavy atom. The van der Waals surface area contributed by atoms with Crippen molar-refractivity contribution in [3.8, 4) is 0 Å². The van der Waals surface area contributed by atoms with E-state index in [1.54, 1.807) is 0 Å². The number of morpholine rings is 1. The van der Waals surface area contributed by atoms with E-state index in [4.69, 9.17) is 9.73 Å². The van der Waals surface area contributed by atoms with Crippen LogP contribution in [0.25, 0.3) is 0 Å². The first kappa shape index (κ1) is 23.6. The Bertz CT molecular complexity index is 514. The number of nitrogens with zero attached hydrogens (tertiary/aromatic N) is 4.